The van der Waals surface area contributed by atoms with E-state index in [1.807, 2.05) is 42.5 Å². The fourth-order valence-corrected chi connectivity index (χ4v) is 4.16. The maximum atomic E-state index is 13.0. The number of amides is 2. The predicted molar refractivity (Wildman–Crippen MR) is 118 cm³/mol. The van der Waals surface area contributed by atoms with Crippen LogP contribution in [0.4, 0.5) is 11.4 Å². The van der Waals surface area contributed by atoms with E-state index in [-0.39, 0.29) is 18.2 Å². The summed E-state index contributed by atoms with van der Waals surface area (Å²) in [5, 5.41) is 2.99. The van der Waals surface area contributed by atoms with Gasteiger partial charge in [0.25, 0.3) is 0 Å². The molecular formula is C22H25N3O3S. The van der Waals surface area contributed by atoms with Crippen molar-refractivity contribution in [2.45, 2.75) is 25.5 Å². The van der Waals surface area contributed by atoms with E-state index < -0.39 is 5.25 Å². The van der Waals surface area contributed by atoms with Gasteiger partial charge in [0.15, 0.2) is 5.17 Å². The van der Waals surface area contributed by atoms with Crippen LogP contribution >= 0.6 is 11.8 Å². The first-order chi connectivity index (χ1) is 14.0. The highest BCUT2D eigenvalue weighted by Crippen LogP contribution is 2.33. The second kappa shape index (κ2) is 9.60. The number of aliphatic imine (C=N–C) groups is 1. The van der Waals surface area contributed by atoms with E-state index in [1.165, 1.54) is 11.8 Å². The summed E-state index contributed by atoms with van der Waals surface area (Å²) in [5.74, 6) is 0.570. The van der Waals surface area contributed by atoms with Crippen LogP contribution in [0.1, 0.15) is 20.3 Å². The highest BCUT2D eigenvalue weighted by Gasteiger charge is 2.39. The van der Waals surface area contributed by atoms with Crippen LogP contribution in [-0.2, 0) is 9.59 Å². The molecule has 1 atom stereocenters. The predicted octanol–water partition coefficient (Wildman–Crippen LogP) is 4.31. The molecule has 2 aromatic carbocycles. The van der Waals surface area contributed by atoms with Gasteiger partial charge in [0.1, 0.15) is 11.0 Å². The minimum absolute atomic E-state index is 0.0734. The van der Waals surface area contributed by atoms with Gasteiger partial charge in [0, 0.05) is 13.0 Å². The highest BCUT2D eigenvalue weighted by molar-refractivity contribution is 8.15. The molecule has 1 N–H and O–H groups in total. The van der Waals surface area contributed by atoms with Gasteiger partial charge in [-0.05, 0) is 30.2 Å². The summed E-state index contributed by atoms with van der Waals surface area (Å²) in [7, 11) is 1.55. The number of para-hydroxylation sites is 3. The van der Waals surface area contributed by atoms with Gasteiger partial charge in [-0.15, -0.1) is 0 Å². The molecule has 1 heterocycles. The number of anilines is 1. The molecule has 0 radical (unpaired) electrons. The van der Waals surface area contributed by atoms with Crippen LogP contribution in [0.25, 0.3) is 0 Å². The summed E-state index contributed by atoms with van der Waals surface area (Å²) in [4.78, 5) is 31.9. The van der Waals surface area contributed by atoms with Gasteiger partial charge in [0.05, 0.1) is 18.5 Å². The molecule has 0 bridgehead atoms. The largest absolute Gasteiger partial charge is 0.495 e. The van der Waals surface area contributed by atoms with Gasteiger partial charge in [-0.2, -0.15) is 0 Å². The topological polar surface area (TPSA) is 71.0 Å². The summed E-state index contributed by atoms with van der Waals surface area (Å²) in [5.41, 5.74) is 1.38. The molecule has 0 aromatic heterocycles. The number of ether oxygens (including phenoxy) is 1. The lowest BCUT2D eigenvalue weighted by Crippen LogP contribution is -2.36. The Morgan fingerprint density at radius 3 is 2.55 bits per heavy atom. The summed E-state index contributed by atoms with van der Waals surface area (Å²) < 4.78 is 5.27. The molecule has 29 heavy (non-hydrogen) atoms. The molecule has 2 aromatic rings. The Morgan fingerprint density at radius 1 is 1.17 bits per heavy atom. The average Bonchev–Trinajstić information content (AvgIpc) is 2.97. The molecule has 0 unspecified atom stereocenters. The zero-order valence-corrected chi connectivity index (χ0v) is 17.6. The first-order valence-corrected chi connectivity index (χ1v) is 10.4. The fourth-order valence-electron chi connectivity index (χ4n) is 2.99. The molecule has 1 saturated heterocycles. The Kier molecular flexibility index (Phi) is 6.93. The van der Waals surface area contributed by atoms with Crippen molar-refractivity contribution in [2.75, 3.05) is 19.0 Å². The van der Waals surface area contributed by atoms with E-state index >= 15 is 0 Å². The molecule has 1 aliphatic heterocycles. The smallest absolute Gasteiger partial charge is 0.242 e. The number of nitrogens with one attached hydrogen (secondary N) is 1. The van der Waals surface area contributed by atoms with Crippen LogP contribution < -0.4 is 10.1 Å². The Balaban J connectivity index is 1.74. The minimum Gasteiger partial charge on any atom is -0.495 e. The number of carbonyl (C=O) groups is 2. The van der Waals surface area contributed by atoms with Gasteiger partial charge in [-0.25, -0.2) is 4.99 Å². The fraction of sp³-hybridized carbons (Fsp3) is 0.318. The minimum atomic E-state index is -0.495. The van der Waals surface area contributed by atoms with E-state index in [1.54, 1.807) is 24.1 Å². The van der Waals surface area contributed by atoms with Crippen molar-refractivity contribution < 1.29 is 14.3 Å². The van der Waals surface area contributed by atoms with Crippen LogP contribution in [0.2, 0.25) is 0 Å². The number of benzene rings is 2. The van der Waals surface area contributed by atoms with Crippen molar-refractivity contribution in [3.05, 3.63) is 54.6 Å². The highest BCUT2D eigenvalue weighted by atomic mass is 32.2. The molecule has 3 rings (SSSR count). The van der Waals surface area contributed by atoms with Crippen LogP contribution in [0.3, 0.4) is 0 Å². The number of hydrogen-bond acceptors (Lipinski definition) is 5. The van der Waals surface area contributed by atoms with Crippen LogP contribution in [0, 0.1) is 5.92 Å². The number of nitrogens with zero attached hydrogens (tertiary/aromatic N) is 2. The van der Waals surface area contributed by atoms with Gasteiger partial charge in [0.2, 0.25) is 11.8 Å². The van der Waals surface area contributed by atoms with Crippen molar-refractivity contribution in [1.29, 1.82) is 0 Å². The molecule has 0 spiro atoms. The normalized spacial score (nSPS) is 17.8. The van der Waals surface area contributed by atoms with Crippen molar-refractivity contribution in [3.63, 3.8) is 0 Å². The molecule has 152 valence electrons. The van der Waals surface area contributed by atoms with E-state index in [0.29, 0.717) is 29.1 Å². The van der Waals surface area contributed by atoms with Crippen LogP contribution in [0.5, 0.6) is 5.75 Å². The van der Waals surface area contributed by atoms with E-state index in [2.05, 4.69) is 24.2 Å². The third kappa shape index (κ3) is 5.38. The molecule has 1 aliphatic rings. The van der Waals surface area contributed by atoms with E-state index in [4.69, 9.17) is 4.74 Å². The van der Waals surface area contributed by atoms with Crippen molar-refractivity contribution in [2.24, 2.45) is 10.9 Å². The molecule has 7 heteroatoms. The SMILES string of the molecule is COc1ccccc1NC(=O)C[C@@H]1SC(=Nc2ccccc2)N(CC(C)C)C1=O. The van der Waals surface area contributed by atoms with Gasteiger partial charge in [-0.3, -0.25) is 14.5 Å². The molecule has 1 fully saturated rings. The first kappa shape index (κ1) is 20.9. The zero-order valence-electron chi connectivity index (χ0n) is 16.8. The van der Waals surface area contributed by atoms with Crippen LogP contribution in [0.15, 0.2) is 59.6 Å². The lowest BCUT2D eigenvalue weighted by atomic mass is 10.2. The monoisotopic (exact) mass is 411 g/mol. The number of methoxy groups -OCH3 is 1. The number of rotatable bonds is 7. The van der Waals surface area contributed by atoms with Crippen molar-refractivity contribution >= 4 is 40.1 Å². The van der Waals surface area contributed by atoms with Crippen molar-refractivity contribution in [1.82, 2.24) is 4.90 Å². The summed E-state index contributed by atoms with van der Waals surface area (Å²) in [6.07, 6.45) is 0.0734. The van der Waals surface area contributed by atoms with E-state index in [0.717, 1.165) is 5.69 Å². The summed E-state index contributed by atoms with van der Waals surface area (Å²) in [6, 6.07) is 16.7. The molecule has 0 saturated carbocycles. The number of amidine groups is 1. The summed E-state index contributed by atoms with van der Waals surface area (Å²) in [6.45, 7) is 4.68. The standard InChI is InChI=1S/C22H25N3O3S/c1-15(2)14-25-21(27)19(29-22(25)23-16-9-5-4-6-10-16)13-20(26)24-17-11-7-8-12-18(17)28-3/h4-12,15,19H,13-14H2,1-3H3,(H,24,26)/t19-/m0/s1. The zero-order chi connectivity index (χ0) is 20.8. The Morgan fingerprint density at radius 2 is 1.86 bits per heavy atom. The van der Waals surface area contributed by atoms with Gasteiger partial charge >= 0.3 is 0 Å². The average molecular weight is 412 g/mol. The van der Waals surface area contributed by atoms with E-state index in [9.17, 15) is 9.59 Å². The quantitative estimate of drug-likeness (QED) is 0.737. The maximum Gasteiger partial charge on any atom is 0.242 e. The number of carbonyl (C=O) groups excluding carboxylic acids is 2. The summed E-state index contributed by atoms with van der Waals surface area (Å²) >= 11 is 1.35. The first-order valence-electron chi connectivity index (χ1n) is 9.52. The lowest BCUT2D eigenvalue weighted by Gasteiger charge is -2.18. The molecule has 0 aliphatic carbocycles. The van der Waals surface area contributed by atoms with Gasteiger partial charge < -0.3 is 10.1 Å². The molecular weight excluding hydrogens is 386 g/mol. The Bertz CT molecular complexity index is 899. The second-order valence-corrected chi connectivity index (χ2v) is 8.30. The maximum absolute atomic E-state index is 13.0. The number of thioether (sulfide) groups is 1. The lowest BCUT2D eigenvalue weighted by molar-refractivity contribution is -0.128. The second-order valence-electron chi connectivity index (χ2n) is 7.13. The molecule has 2 amide bonds. The van der Waals surface area contributed by atoms with Crippen molar-refractivity contribution in [3.8, 4) is 5.75 Å². The third-order valence-electron chi connectivity index (χ3n) is 4.30. The third-order valence-corrected chi connectivity index (χ3v) is 5.48. The molecule has 6 nitrogen and oxygen atoms in total. The van der Waals surface area contributed by atoms with Crippen LogP contribution in [-0.4, -0.2) is 40.8 Å². The Labute approximate surface area is 175 Å². The van der Waals surface area contributed by atoms with Gasteiger partial charge in [-0.1, -0.05) is 55.9 Å². The number of hydrogen-bond donors (Lipinski definition) is 1. The Hall–Kier alpha value is -2.80.